The predicted molar refractivity (Wildman–Crippen MR) is 47.1 cm³/mol. The maximum Gasteiger partial charge on any atom is 0.303 e. The highest BCUT2D eigenvalue weighted by Gasteiger charge is 2.17. The average molecular weight is 171 g/mol. The van der Waals surface area contributed by atoms with E-state index in [0.29, 0.717) is 12.3 Å². The standard InChI is InChI=1S/C9H17NO2/c1-10-6-2-3-8(7-10)4-5-9(11)12/h8H,2-7H2,1H3,(H,11,12). The van der Waals surface area contributed by atoms with E-state index >= 15 is 0 Å². The van der Waals surface area contributed by atoms with Crippen molar-refractivity contribution in [3.05, 3.63) is 0 Å². The lowest BCUT2D eigenvalue weighted by Crippen LogP contribution is -2.32. The molecule has 0 aromatic carbocycles. The van der Waals surface area contributed by atoms with Crippen molar-refractivity contribution in [1.82, 2.24) is 4.90 Å². The first-order valence-electron chi connectivity index (χ1n) is 4.59. The normalized spacial score (nSPS) is 25.6. The summed E-state index contributed by atoms with van der Waals surface area (Å²) < 4.78 is 0. The first kappa shape index (κ1) is 9.52. The summed E-state index contributed by atoms with van der Waals surface area (Å²) in [6.45, 7) is 2.25. The first-order valence-corrected chi connectivity index (χ1v) is 4.59. The molecule has 0 bridgehead atoms. The number of rotatable bonds is 3. The van der Waals surface area contributed by atoms with Crippen LogP contribution in [0.25, 0.3) is 0 Å². The third kappa shape index (κ3) is 3.22. The van der Waals surface area contributed by atoms with Gasteiger partial charge in [-0.3, -0.25) is 4.79 Å². The Hall–Kier alpha value is -0.570. The molecule has 0 spiro atoms. The molecule has 0 amide bonds. The average Bonchev–Trinajstić information content (AvgIpc) is 2.01. The zero-order valence-corrected chi connectivity index (χ0v) is 7.62. The third-order valence-electron chi connectivity index (χ3n) is 2.49. The van der Waals surface area contributed by atoms with Crippen LogP contribution in [0.2, 0.25) is 0 Å². The Kier molecular flexibility index (Phi) is 3.53. The van der Waals surface area contributed by atoms with Crippen molar-refractivity contribution in [2.24, 2.45) is 5.92 Å². The van der Waals surface area contributed by atoms with E-state index in [-0.39, 0.29) is 0 Å². The van der Waals surface area contributed by atoms with Crippen LogP contribution in [0.1, 0.15) is 25.7 Å². The van der Waals surface area contributed by atoms with Gasteiger partial charge in [0.1, 0.15) is 0 Å². The number of carboxylic acid groups (broad SMARTS) is 1. The Bertz CT molecular complexity index is 159. The molecule has 0 radical (unpaired) electrons. The van der Waals surface area contributed by atoms with Crippen LogP contribution in [0.15, 0.2) is 0 Å². The Morgan fingerprint density at radius 1 is 1.67 bits per heavy atom. The van der Waals surface area contributed by atoms with Crippen LogP contribution in [0.3, 0.4) is 0 Å². The molecule has 1 N–H and O–H groups in total. The van der Waals surface area contributed by atoms with Crippen LogP contribution in [-0.4, -0.2) is 36.1 Å². The number of carbonyl (C=O) groups is 1. The van der Waals surface area contributed by atoms with E-state index in [0.717, 1.165) is 13.0 Å². The molecule has 70 valence electrons. The molecular weight excluding hydrogens is 154 g/mol. The SMILES string of the molecule is CN1CCCC(CCC(=O)O)C1. The number of aliphatic carboxylic acids is 1. The van der Waals surface area contributed by atoms with E-state index in [1.165, 1.54) is 19.4 Å². The van der Waals surface area contributed by atoms with Crippen molar-refractivity contribution in [3.8, 4) is 0 Å². The number of hydrogen-bond donors (Lipinski definition) is 1. The summed E-state index contributed by atoms with van der Waals surface area (Å²) in [4.78, 5) is 12.6. The largest absolute Gasteiger partial charge is 0.481 e. The summed E-state index contributed by atoms with van der Waals surface area (Å²) in [5.41, 5.74) is 0. The van der Waals surface area contributed by atoms with E-state index in [2.05, 4.69) is 11.9 Å². The molecule has 3 heteroatoms. The maximum atomic E-state index is 10.3. The Morgan fingerprint density at radius 3 is 3.00 bits per heavy atom. The molecule has 12 heavy (non-hydrogen) atoms. The number of carboxylic acids is 1. The summed E-state index contributed by atoms with van der Waals surface area (Å²) >= 11 is 0. The van der Waals surface area contributed by atoms with Crippen LogP contribution in [0, 0.1) is 5.92 Å². The second kappa shape index (κ2) is 4.45. The highest BCUT2D eigenvalue weighted by Crippen LogP contribution is 2.19. The molecule has 0 aromatic rings. The lowest BCUT2D eigenvalue weighted by Gasteiger charge is -2.29. The fourth-order valence-corrected chi connectivity index (χ4v) is 1.84. The summed E-state index contributed by atoms with van der Waals surface area (Å²) in [7, 11) is 2.10. The summed E-state index contributed by atoms with van der Waals surface area (Å²) in [6.07, 6.45) is 3.61. The molecule has 1 heterocycles. The molecule has 0 aliphatic carbocycles. The van der Waals surface area contributed by atoms with Crippen LogP contribution < -0.4 is 0 Å². The number of piperidine rings is 1. The van der Waals surface area contributed by atoms with Crippen molar-refractivity contribution in [1.29, 1.82) is 0 Å². The molecule has 1 saturated heterocycles. The fourth-order valence-electron chi connectivity index (χ4n) is 1.84. The number of nitrogens with zero attached hydrogens (tertiary/aromatic N) is 1. The zero-order valence-electron chi connectivity index (χ0n) is 7.62. The minimum atomic E-state index is -0.664. The van der Waals surface area contributed by atoms with Gasteiger partial charge in [0.05, 0.1) is 0 Å². The molecule has 0 saturated carbocycles. The molecule has 1 aliphatic rings. The summed E-state index contributed by atoms with van der Waals surface area (Å²) in [5.74, 6) is -0.0527. The third-order valence-corrected chi connectivity index (χ3v) is 2.49. The highest BCUT2D eigenvalue weighted by molar-refractivity contribution is 5.66. The van der Waals surface area contributed by atoms with E-state index in [1.807, 2.05) is 0 Å². The van der Waals surface area contributed by atoms with Crippen LogP contribution in [0.5, 0.6) is 0 Å². The van der Waals surface area contributed by atoms with E-state index in [1.54, 1.807) is 0 Å². The molecule has 1 rings (SSSR count). The minimum Gasteiger partial charge on any atom is -0.481 e. The molecule has 1 unspecified atom stereocenters. The van der Waals surface area contributed by atoms with Crippen molar-refractivity contribution in [2.45, 2.75) is 25.7 Å². The lowest BCUT2D eigenvalue weighted by molar-refractivity contribution is -0.137. The van der Waals surface area contributed by atoms with Crippen LogP contribution in [-0.2, 0) is 4.79 Å². The lowest BCUT2D eigenvalue weighted by atomic mass is 9.94. The van der Waals surface area contributed by atoms with Gasteiger partial charge in [0.15, 0.2) is 0 Å². The predicted octanol–water partition coefficient (Wildman–Crippen LogP) is 1.19. The quantitative estimate of drug-likeness (QED) is 0.693. The van der Waals surface area contributed by atoms with Gasteiger partial charge in [0.2, 0.25) is 0 Å². The molecule has 3 nitrogen and oxygen atoms in total. The van der Waals surface area contributed by atoms with E-state index < -0.39 is 5.97 Å². The van der Waals surface area contributed by atoms with Gasteiger partial charge >= 0.3 is 5.97 Å². The van der Waals surface area contributed by atoms with Gasteiger partial charge in [0.25, 0.3) is 0 Å². The topological polar surface area (TPSA) is 40.5 Å². The number of likely N-dealkylation sites (tertiary alicyclic amines) is 1. The highest BCUT2D eigenvalue weighted by atomic mass is 16.4. The van der Waals surface area contributed by atoms with Crippen LogP contribution >= 0.6 is 0 Å². The zero-order chi connectivity index (χ0) is 8.97. The van der Waals surface area contributed by atoms with Gasteiger partial charge in [-0.25, -0.2) is 0 Å². The first-order chi connectivity index (χ1) is 5.68. The van der Waals surface area contributed by atoms with E-state index in [9.17, 15) is 4.79 Å². The van der Waals surface area contributed by atoms with Crippen molar-refractivity contribution in [3.63, 3.8) is 0 Å². The van der Waals surface area contributed by atoms with Crippen molar-refractivity contribution >= 4 is 5.97 Å². The summed E-state index contributed by atoms with van der Waals surface area (Å²) in [5, 5.41) is 8.50. The van der Waals surface area contributed by atoms with Gasteiger partial charge in [-0.1, -0.05) is 0 Å². The Balaban J connectivity index is 2.18. The van der Waals surface area contributed by atoms with Gasteiger partial charge < -0.3 is 10.0 Å². The second-order valence-corrected chi connectivity index (χ2v) is 3.70. The smallest absolute Gasteiger partial charge is 0.303 e. The number of hydrogen-bond acceptors (Lipinski definition) is 2. The van der Waals surface area contributed by atoms with Crippen molar-refractivity contribution < 1.29 is 9.90 Å². The summed E-state index contributed by atoms with van der Waals surface area (Å²) in [6, 6.07) is 0. The van der Waals surface area contributed by atoms with E-state index in [4.69, 9.17) is 5.11 Å². The maximum absolute atomic E-state index is 10.3. The molecule has 1 atom stereocenters. The molecular formula is C9H17NO2. The van der Waals surface area contributed by atoms with Gasteiger partial charge in [0, 0.05) is 13.0 Å². The monoisotopic (exact) mass is 171 g/mol. The second-order valence-electron chi connectivity index (χ2n) is 3.70. The van der Waals surface area contributed by atoms with Gasteiger partial charge in [-0.05, 0) is 38.8 Å². The Labute approximate surface area is 73.4 Å². The molecule has 1 aliphatic heterocycles. The van der Waals surface area contributed by atoms with Crippen molar-refractivity contribution in [2.75, 3.05) is 20.1 Å². The minimum absolute atomic E-state index is 0.332. The molecule has 1 fully saturated rings. The fraction of sp³-hybridized carbons (Fsp3) is 0.889. The molecule has 0 aromatic heterocycles. The Morgan fingerprint density at radius 2 is 2.42 bits per heavy atom. The van der Waals surface area contributed by atoms with Gasteiger partial charge in [-0.15, -0.1) is 0 Å². The van der Waals surface area contributed by atoms with Crippen LogP contribution in [0.4, 0.5) is 0 Å². The van der Waals surface area contributed by atoms with Gasteiger partial charge in [-0.2, -0.15) is 0 Å².